The third-order valence-corrected chi connectivity index (χ3v) is 3.71. The molecule has 0 bridgehead atoms. The van der Waals surface area contributed by atoms with E-state index in [0.717, 1.165) is 0 Å². The third-order valence-electron chi connectivity index (χ3n) is 3.71. The molecule has 1 fully saturated rings. The number of amides is 1. The van der Waals surface area contributed by atoms with E-state index < -0.39 is 17.1 Å². The van der Waals surface area contributed by atoms with Crippen molar-refractivity contribution in [1.82, 2.24) is 4.90 Å². The monoisotopic (exact) mass is 282 g/mol. The number of aliphatic hydroxyl groups is 1. The van der Waals surface area contributed by atoms with E-state index >= 15 is 0 Å². The summed E-state index contributed by atoms with van der Waals surface area (Å²) in [6.07, 6.45) is 1.57. The molecule has 0 aromatic rings. The molecule has 1 saturated heterocycles. The van der Waals surface area contributed by atoms with Gasteiger partial charge in [-0.25, -0.2) is 4.79 Å². The maximum absolute atomic E-state index is 12.0. The number of hydrogen-bond donors (Lipinski definition) is 1. The second-order valence-corrected chi connectivity index (χ2v) is 6.63. The summed E-state index contributed by atoms with van der Waals surface area (Å²) in [6.45, 7) is 8.45. The molecule has 0 aliphatic carbocycles. The van der Waals surface area contributed by atoms with Crippen molar-refractivity contribution >= 4 is 6.09 Å². The van der Waals surface area contributed by atoms with E-state index in [1.165, 1.54) is 0 Å². The molecule has 0 spiro atoms. The van der Waals surface area contributed by atoms with Crippen LogP contribution in [0.3, 0.4) is 0 Å². The molecule has 0 saturated carbocycles. The lowest BCUT2D eigenvalue weighted by molar-refractivity contribution is 0.00996. The van der Waals surface area contributed by atoms with Crippen molar-refractivity contribution in [3.05, 3.63) is 0 Å². The second kappa shape index (κ2) is 6.45. The highest BCUT2D eigenvalue weighted by Gasteiger charge is 2.38. The standard InChI is InChI=1S/C15H26N2O3/c1-5-12(18)10-15(11-16)6-8-17(9-7-15)13(19)20-14(2,3)4/h12,18H,5-10H2,1-4H3/t12-/m1/s1. The lowest BCUT2D eigenvalue weighted by Gasteiger charge is -2.38. The van der Waals surface area contributed by atoms with Gasteiger partial charge in [0, 0.05) is 13.1 Å². The molecule has 0 aromatic heterocycles. The summed E-state index contributed by atoms with van der Waals surface area (Å²) < 4.78 is 5.34. The number of carbonyl (C=O) groups is 1. The van der Waals surface area contributed by atoms with Gasteiger partial charge in [-0.3, -0.25) is 0 Å². The zero-order valence-corrected chi connectivity index (χ0v) is 13.0. The Balaban J connectivity index is 2.57. The maximum atomic E-state index is 12.0. The van der Waals surface area contributed by atoms with E-state index in [0.29, 0.717) is 38.8 Å². The van der Waals surface area contributed by atoms with Crippen LogP contribution in [0.2, 0.25) is 0 Å². The molecule has 5 heteroatoms. The van der Waals surface area contributed by atoms with Gasteiger partial charge in [-0.15, -0.1) is 0 Å². The molecular formula is C15H26N2O3. The Kier molecular flexibility index (Phi) is 5.41. The minimum Gasteiger partial charge on any atom is -0.444 e. The zero-order chi connectivity index (χ0) is 15.4. The summed E-state index contributed by atoms with van der Waals surface area (Å²) in [7, 11) is 0. The fourth-order valence-electron chi connectivity index (χ4n) is 2.40. The van der Waals surface area contributed by atoms with Gasteiger partial charge < -0.3 is 14.7 Å². The van der Waals surface area contributed by atoms with E-state index in [9.17, 15) is 15.2 Å². The van der Waals surface area contributed by atoms with Crippen LogP contribution >= 0.6 is 0 Å². The van der Waals surface area contributed by atoms with Gasteiger partial charge in [-0.05, 0) is 46.5 Å². The SMILES string of the molecule is CC[C@@H](O)CC1(C#N)CCN(C(=O)OC(C)(C)C)CC1. The highest BCUT2D eigenvalue weighted by atomic mass is 16.6. The van der Waals surface area contributed by atoms with E-state index in [1.807, 2.05) is 27.7 Å². The first-order chi connectivity index (χ1) is 9.21. The number of nitriles is 1. The topological polar surface area (TPSA) is 73.6 Å². The Morgan fingerprint density at radius 1 is 1.45 bits per heavy atom. The molecule has 1 rings (SSSR count). The molecular weight excluding hydrogens is 256 g/mol. The number of piperidine rings is 1. The molecule has 1 atom stereocenters. The molecule has 0 aromatic carbocycles. The summed E-state index contributed by atoms with van der Waals surface area (Å²) in [5.41, 5.74) is -1.01. The minimum absolute atomic E-state index is 0.319. The fraction of sp³-hybridized carbons (Fsp3) is 0.867. The zero-order valence-electron chi connectivity index (χ0n) is 13.0. The molecule has 1 heterocycles. The summed E-state index contributed by atoms with van der Waals surface area (Å²) >= 11 is 0. The average molecular weight is 282 g/mol. The largest absolute Gasteiger partial charge is 0.444 e. The molecule has 1 N–H and O–H groups in total. The van der Waals surface area contributed by atoms with Crippen LogP contribution in [0, 0.1) is 16.7 Å². The molecule has 0 radical (unpaired) electrons. The van der Waals surface area contributed by atoms with Crippen molar-refractivity contribution in [2.45, 2.75) is 65.1 Å². The van der Waals surface area contributed by atoms with Gasteiger partial charge in [0.2, 0.25) is 0 Å². The van der Waals surface area contributed by atoms with Crippen molar-refractivity contribution in [1.29, 1.82) is 5.26 Å². The van der Waals surface area contributed by atoms with Gasteiger partial charge in [0.1, 0.15) is 5.60 Å². The molecule has 5 nitrogen and oxygen atoms in total. The van der Waals surface area contributed by atoms with Crippen LogP contribution in [0.25, 0.3) is 0 Å². The lowest BCUT2D eigenvalue weighted by atomic mass is 9.75. The summed E-state index contributed by atoms with van der Waals surface area (Å²) in [5.74, 6) is 0. The Bertz CT molecular complexity index is 374. The number of carbonyl (C=O) groups excluding carboxylic acids is 1. The average Bonchev–Trinajstić information content (AvgIpc) is 2.37. The van der Waals surface area contributed by atoms with E-state index in [1.54, 1.807) is 4.90 Å². The molecule has 0 unspecified atom stereocenters. The van der Waals surface area contributed by atoms with Crippen LogP contribution < -0.4 is 0 Å². The molecule has 1 aliphatic rings. The normalized spacial score (nSPS) is 20.1. The first-order valence-electron chi connectivity index (χ1n) is 7.28. The summed E-state index contributed by atoms with van der Waals surface area (Å²) in [4.78, 5) is 13.6. The van der Waals surface area contributed by atoms with Crippen LogP contribution in [-0.2, 0) is 4.74 Å². The third kappa shape index (κ3) is 4.68. The van der Waals surface area contributed by atoms with E-state index in [2.05, 4.69) is 6.07 Å². The van der Waals surface area contributed by atoms with Crippen molar-refractivity contribution in [3.63, 3.8) is 0 Å². The van der Waals surface area contributed by atoms with Gasteiger partial charge in [0.25, 0.3) is 0 Å². The quantitative estimate of drug-likeness (QED) is 0.863. The van der Waals surface area contributed by atoms with Crippen LogP contribution in [-0.4, -0.2) is 40.9 Å². The van der Waals surface area contributed by atoms with Crippen LogP contribution in [0.4, 0.5) is 4.79 Å². The van der Waals surface area contributed by atoms with Gasteiger partial charge in [-0.1, -0.05) is 6.92 Å². The lowest BCUT2D eigenvalue weighted by Crippen LogP contribution is -2.45. The molecule has 114 valence electrons. The number of likely N-dealkylation sites (tertiary alicyclic amines) is 1. The molecule has 1 amide bonds. The van der Waals surface area contributed by atoms with Crippen molar-refractivity contribution < 1.29 is 14.6 Å². The van der Waals surface area contributed by atoms with Crippen molar-refractivity contribution in [3.8, 4) is 6.07 Å². The predicted molar refractivity (Wildman–Crippen MR) is 76.0 cm³/mol. The van der Waals surface area contributed by atoms with Gasteiger partial charge in [-0.2, -0.15) is 5.26 Å². The first kappa shape index (κ1) is 16.8. The minimum atomic E-state index is -0.506. The number of hydrogen-bond acceptors (Lipinski definition) is 4. The highest BCUT2D eigenvalue weighted by molar-refractivity contribution is 5.68. The van der Waals surface area contributed by atoms with Crippen LogP contribution in [0.5, 0.6) is 0 Å². The summed E-state index contributed by atoms with van der Waals surface area (Å²) in [5, 5.41) is 19.2. The molecule has 20 heavy (non-hydrogen) atoms. The number of nitrogens with zero attached hydrogens (tertiary/aromatic N) is 2. The van der Waals surface area contributed by atoms with Crippen LogP contribution in [0.15, 0.2) is 0 Å². The van der Waals surface area contributed by atoms with E-state index in [-0.39, 0.29) is 6.09 Å². The fourth-order valence-corrected chi connectivity index (χ4v) is 2.40. The number of rotatable bonds is 3. The Hall–Kier alpha value is -1.28. The van der Waals surface area contributed by atoms with E-state index in [4.69, 9.17) is 4.74 Å². The van der Waals surface area contributed by atoms with Gasteiger partial charge in [0.15, 0.2) is 0 Å². The Morgan fingerprint density at radius 2 is 2.00 bits per heavy atom. The maximum Gasteiger partial charge on any atom is 0.410 e. The van der Waals surface area contributed by atoms with Gasteiger partial charge in [0.05, 0.1) is 17.6 Å². The first-order valence-corrected chi connectivity index (χ1v) is 7.28. The predicted octanol–water partition coefficient (Wildman–Crippen LogP) is 2.69. The second-order valence-electron chi connectivity index (χ2n) is 6.63. The summed E-state index contributed by atoms with van der Waals surface area (Å²) in [6, 6.07) is 2.35. The highest BCUT2D eigenvalue weighted by Crippen LogP contribution is 2.36. The number of ether oxygens (including phenoxy) is 1. The van der Waals surface area contributed by atoms with Crippen molar-refractivity contribution in [2.75, 3.05) is 13.1 Å². The molecule has 1 aliphatic heterocycles. The Morgan fingerprint density at radius 3 is 2.40 bits per heavy atom. The van der Waals surface area contributed by atoms with Crippen LogP contribution in [0.1, 0.15) is 53.4 Å². The van der Waals surface area contributed by atoms with Gasteiger partial charge >= 0.3 is 6.09 Å². The number of aliphatic hydroxyl groups excluding tert-OH is 1. The van der Waals surface area contributed by atoms with Crippen molar-refractivity contribution in [2.24, 2.45) is 5.41 Å². The Labute approximate surface area is 121 Å². The smallest absolute Gasteiger partial charge is 0.410 e.